The second-order valence-corrected chi connectivity index (χ2v) is 9.93. The van der Waals surface area contributed by atoms with Crippen molar-refractivity contribution >= 4 is 17.8 Å². The summed E-state index contributed by atoms with van der Waals surface area (Å²) >= 11 is 0. The Morgan fingerprint density at radius 3 is 2.26 bits per heavy atom. The van der Waals surface area contributed by atoms with Crippen molar-refractivity contribution in [2.45, 2.75) is 59.0 Å². The molecule has 7 heteroatoms. The number of piperazine rings is 1. The molecule has 1 aliphatic rings. The molecule has 1 fully saturated rings. The van der Waals surface area contributed by atoms with Gasteiger partial charge >= 0.3 is 12.1 Å². The molecule has 1 N–H and O–H groups in total. The number of hydrogen-bond acceptors (Lipinski definition) is 4. The zero-order valence-corrected chi connectivity index (χ0v) is 21.5. The number of aryl methyl sites for hydroxylation is 2. The van der Waals surface area contributed by atoms with E-state index in [1.54, 1.807) is 9.80 Å². The number of rotatable bonds is 8. The molecule has 0 radical (unpaired) electrons. The molecule has 3 rings (SSSR count). The number of carbonyl (C=O) groups excluding carboxylic acids is 2. The van der Waals surface area contributed by atoms with Crippen molar-refractivity contribution in [1.29, 1.82) is 0 Å². The first-order chi connectivity index (χ1) is 16.7. The SMILES string of the molecule is CCCc1cccc(OCCCc2ccc(NC(=O)N3CCN(C(=O)OC(C)(C)C)CC3)cc2)c1. The predicted octanol–water partition coefficient (Wildman–Crippen LogP) is 5.74. The smallest absolute Gasteiger partial charge is 0.410 e. The number of carbonyl (C=O) groups is 2. The molecule has 0 aromatic heterocycles. The fourth-order valence-corrected chi connectivity index (χ4v) is 3.92. The van der Waals surface area contributed by atoms with E-state index in [1.165, 1.54) is 11.1 Å². The van der Waals surface area contributed by atoms with E-state index in [0.29, 0.717) is 32.8 Å². The molecule has 1 heterocycles. The molecule has 0 bridgehead atoms. The van der Waals surface area contributed by atoms with E-state index in [1.807, 2.05) is 57.2 Å². The highest BCUT2D eigenvalue weighted by atomic mass is 16.6. The van der Waals surface area contributed by atoms with Gasteiger partial charge in [0.1, 0.15) is 11.4 Å². The molecule has 7 nitrogen and oxygen atoms in total. The zero-order chi connectivity index (χ0) is 25.3. The van der Waals surface area contributed by atoms with Crippen LogP contribution in [0.15, 0.2) is 48.5 Å². The summed E-state index contributed by atoms with van der Waals surface area (Å²) in [6, 6.07) is 16.1. The number of ether oxygens (including phenoxy) is 2. The van der Waals surface area contributed by atoms with Gasteiger partial charge in [0.15, 0.2) is 0 Å². The summed E-state index contributed by atoms with van der Waals surface area (Å²) in [5.74, 6) is 0.931. The van der Waals surface area contributed by atoms with Crippen molar-refractivity contribution in [2.75, 3.05) is 38.1 Å². The van der Waals surface area contributed by atoms with E-state index in [0.717, 1.165) is 37.1 Å². The van der Waals surface area contributed by atoms with Crippen LogP contribution >= 0.6 is 0 Å². The van der Waals surface area contributed by atoms with Crippen molar-refractivity contribution in [3.8, 4) is 5.75 Å². The molecule has 1 saturated heterocycles. The Morgan fingerprint density at radius 2 is 1.60 bits per heavy atom. The molecule has 2 aromatic rings. The topological polar surface area (TPSA) is 71.1 Å². The van der Waals surface area contributed by atoms with Crippen LogP contribution in [0.25, 0.3) is 0 Å². The molecule has 0 saturated carbocycles. The Labute approximate surface area is 209 Å². The minimum atomic E-state index is -0.523. The molecule has 0 aliphatic carbocycles. The Bertz CT molecular complexity index is 961. The number of hydrogen-bond donors (Lipinski definition) is 1. The van der Waals surface area contributed by atoms with E-state index in [-0.39, 0.29) is 12.1 Å². The number of nitrogens with one attached hydrogen (secondary N) is 1. The van der Waals surface area contributed by atoms with Crippen molar-refractivity contribution < 1.29 is 19.1 Å². The molecule has 0 unspecified atom stereocenters. The second-order valence-electron chi connectivity index (χ2n) is 9.93. The fraction of sp³-hybridized carbons (Fsp3) is 0.500. The van der Waals surface area contributed by atoms with Crippen LogP contribution < -0.4 is 10.1 Å². The summed E-state index contributed by atoms with van der Waals surface area (Å²) in [5, 5.41) is 2.95. The first-order valence-electron chi connectivity index (χ1n) is 12.6. The fourth-order valence-electron chi connectivity index (χ4n) is 3.92. The summed E-state index contributed by atoms with van der Waals surface area (Å²) < 4.78 is 11.3. The third kappa shape index (κ3) is 8.81. The third-order valence-electron chi connectivity index (χ3n) is 5.74. The minimum Gasteiger partial charge on any atom is -0.494 e. The maximum absolute atomic E-state index is 12.6. The van der Waals surface area contributed by atoms with E-state index >= 15 is 0 Å². The molecule has 1 aliphatic heterocycles. The van der Waals surface area contributed by atoms with Gasteiger partial charge in [0.05, 0.1) is 6.61 Å². The minimum absolute atomic E-state index is 0.153. The Kier molecular flexibility index (Phi) is 9.40. The lowest BCUT2D eigenvalue weighted by Crippen LogP contribution is -2.52. The molecule has 35 heavy (non-hydrogen) atoms. The lowest BCUT2D eigenvalue weighted by Gasteiger charge is -2.35. The monoisotopic (exact) mass is 481 g/mol. The van der Waals surface area contributed by atoms with E-state index in [9.17, 15) is 9.59 Å². The van der Waals surface area contributed by atoms with Gasteiger partial charge in [-0.1, -0.05) is 37.6 Å². The van der Waals surface area contributed by atoms with Gasteiger partial charge in [0, 0.05) is 31.9 Å². The first kappa shape index (κ1) is 26.4. The summed E-state index contributed by atoms with van der Waals surface area (Å²) in [6.07, 6.45) is 3.71. The highest BCUT2D eigenvalue weighted by molar-refractivity contribution is 5.89. The second kappa shape index (κ2) is 12.5. The van der Waals surface area contributed by atoms with Crippen LogP contribution in [0.3, 0.4) is 0 Å². The molecule has 190 valence electrons. The molecule has 0 atom stereocenters. The van der Waals surface area contributed by atoms with Gasteiger partial charge in [-0.15, -0.1) is 0 Å². The highest BCUT2D eigenvalue weighted by Crippen LogP contribution is 2.17. The maximum atomic E-state index is 12.6. The van der Waals surface area contributed by atoms with Gasteiger partial charge in [-0.3, -0.25) is 0 Å². The maximum Gasteiger partial charge on any atom is 0.410 e. The van der Waals surface area contributed by atoms with Gasteiger partial charge < -0.3 is 24.6 Å². The molecule has 0 spiro atoms. The average Bonchev–Trinajstić information content (AvgIpc) is 2.82. The van der Waals surface area contributed by atoms with Crippen LogP contribution in [0.4, 0.5) is 15.3 Å². The average molecular weight is 482 g/mol. The molecular weight excluding hydrogens is 442 g/mol. The Balaban J connectivity index is 1.37. The largest absolute Gasteiger partial charge is 0.494 e. The van der Waals surface area contributed by atoms with Gasteiger partial charge in [-0.25, -0.2) is 9.59 Å². The number of amides is 3. The molecular formula is C28H39N3O4. The summed E-state index contributed by atoms with van der Waals surface area (Å²) in [7, 11) is 0. The van der Waals surface area contributed by atoms with Crippen LogP contribution in [-0.2, 0) is 17.6 Å². The van der Waals surface area contributed by atoms with Crippen LogP contribution in [0.1, 0.15) is 51.7 Å². The Morgan fingerprint density at radius 1 is 0.914 bits per heavy atom. The van der Waals surface area contributed by atoms with Crippen molar-refractivity contribution in [1.82, 2.24) is 9.80 Å². The zero-order valence-electron chi connectivity index (χ0n) is 21.5. The van der Waals surface area contributed by atoms with Gasteiger partial charge in [-0.2, -0.15) is 0 Å². The first-order valence-corrected chi connectivity index (χ1v) is 12.6. The van der Waals surface area contributed by atoms with E-state index in [4.69, 9.17) is 9.47 Å². The standard InChI is InChI=1S/C28H39N3O4/c1-5-8-23-9-6-11-25(21-23)34-20-7-10-22-12-14-24(15-13-22)29-26(32)30-16-18-31(19-17-30)27(33)35-28(2,3)4/h6,9,11-15,21H,5,7-8,10,16-20H2,1-4H3,(H,29,32). The van der Waals surface area contributed by atoms with Gasteiger partial charge in [0.25, 0.3) is 0 Å². The summed E-state index contributed by atoms with van der Waals surface area (Å²) in [6.45, 7) is 10.3. The van der Waals surface area contributed by atoms with Gasteiger partial charge in [0.2, 0.25) is 0 Å². The van der Waals surface area contributed by atoms with E-state index in [2.05, 4.69) is 24.4 Å². The lowest BCUT2D eigenvalue weighted by molar-refractivity contribution is 0.0174. The molecule has 3 amide bonds. The quantitative estimate of drug-likeness (QED) is 0.489. The highest BCUT2D eigenvalue weighted by Gasteiger charge is 2.27. The van der Waals surface area contributed by atoms with Crippen LogP contribution in [0, 0.1) is 0 Å². The lowest BCUT2D eigenvalue weighted by atomic mass is 10.1. The van der Waals surface area contributed by atoms with Gasteiger partial charge in [-0.05, 0) is 75.4 Å². The predicted molar refractivity (Wildman–Crippen MR) is 139 cm³/mol. The Hall–Kier alpha value is -3.22. The van der Waals surface area contributed by atoms with Crippen LogP contribution in [-0.4, -0.2) is 60.3 Å². The number of urea groups is 1. The number of nitrogens with zero attached hydrogens (tertiary/aromatic N) is 2. The normalized spacial score (nSPS) is 13.9. The van der Waals surface area contributed by atoms with Crippen molar-refractivity contribution in [3.05, 3.63) is 59.7 Å². The van der Waals surface area contributed by atoms with E-state index < -0.39 is 5.60 Å². The third-order valence-corrected chi connectivity index (χ3v) is 5.74. The van der Waals surface area contributed by atoms with Crippen molar-refractivity contribution in [3.63, 3.8) is 0 Å². The number of benzene rings is 2. The summed E-state index contributed by atoms with van der Waals surface area (Å²) in [5.41, 5.74) is 2.76. The van der Waals surface area contributed by atoms with Crippen molar-refractivity contribution in [2.24, 2.45) is 0 Å². The molecule has 2 aromatic carbocycles. The summed E-state index contributed by atoms with van der Waals surface area (Å²) in [4.78, 5) is 28.2. The van der Waals surface area contributed by atoms with Crippen LogP contribution in [0.5, 0.6) is 5.75 Å². The van der Waals surface area contributed by atoms with Crippen LogP contribution in [0.2, 0.25) is 0 Å². The number of anilines is 1.